The predicted molar refractivity (Wildman–Crippen MR) is 122 cm³/mol. The van der Waals surface area contributed by atoms with Crippen LogP contribution in [-0.2, 0) is 22.6 Å². The fraction of sp³-hybridized carbons (Fsp3) is 0.391. The molecule has 0 bridgehead atoms. The van der Waals surface area contributed by atoms with E-state index in [1.807, 2.05) is 18.2 Å². The van der Waals surface area contributed by atoms with Crippen molar-refractivity contribution in [2.45, 2.75) is 57.7 Å². The summed E-state index contributed by atoms with van der Waals surface area (Å²) in [7, 11) is 0. The van der Waals surface area contributed by atoms with Gasteiger partial charge in [0.05, 0.1) is 6.42 Å². The number of amides is 2. The molecule has 0 saturated heterocycles. The maximum atomic E-state index is 13.2. The van der Waals surface area contributed by atoms with Crippen LogP contribution in [0.1, 0.15) is 43.7 Å². The van der Waals surface area contributed by atoms with Crippen LogP contribution < -0.4 is 5.32 Å². The van der Waals surface area contributed by atoms with Gasteiger partial charge in [-0.1, -0.05) is 71.9 Å². The Kier molecular flexibility index (Phi) is 8.04. The predicted octanol–water partition coefficient (Wildman–Crippen LogP) is 5.67. The molecule has 1 aliphatic rings. The Morgan fingerprint density at radius 1 is 1.03 bits per heavy atom. The average molecular weight is 468 g/mol. The van der Waals surface area contributed by atoms with Gasteiger partial charge in [-0.2, -0.15) is 0 Å². The molecule has 4 nitrogen and oxygen atoms in total. The zero-order valence-electron chi connectivity index (χ0n) is 16.8. The largest absolute Gasteiger partial charge is 0.352 e. The van der Waals surface area contributed by atoms with E-state index >= 15 is 0 Å². The van der Waals surface area contributed by atoms with Gasteiger partial charge in [-0.3, -0.25) is 9.59 Å². The van der Waals surface area contributed by atoms with Crippen LogP contribution in [-0.4, -0.2) is 28.8 Å². The highest BCUT2D eigenvalue weighted by molar-refractivity contribution is 6.35. The van der Waals surface area contributed by atoms with Crippen LogP contribution in [0.25, 0.3) is 0 Å². The standard InChI is InChI=1S/C23H25Cl3N2O2/c1-15(23(30)27-19-7-3-4-8-19)28(14-17-10-11-18(24)13-21(17)26)22(29)12-16-6-2-5-9-20(16)25/h2,5-6,9-11,13,15,19H,3-4,7-8,12,14H2,1H3,(H,27,30)/t15-/m0/s1. The van der Waals surface area contributed by atoms with Crippen molar-refractivity contribution in [3.05, 3.63) is 68.7 Å². The maximum absolute atomic E-state index is 13.2. The topological polar surface area (TPSA) is 49.4 Å². The molecule has 0 aromatic heterocycles. The first kappa shape index (κ1) is 22.9. The van der Waals surface area contributed by atoms with Crippen molar-refractivity contribution in [3.8, 4) is 0 Å². The summed E-state index contributed by atoms with van der Waals surface area (Å²) in [4.78, 5) is 27.7. The summed E-state index contributed by atoms with van der Waals surface area (Å²) in [6.45, 7) is 1.96. The number of benzene rings is 2. The van der Waals surface area contributed by atoms with Crippen LogP contribution in [0.5, 0.6) is 0 Å². The molecule has 1 aliphatic carbocycles. The quantitative estimate of drug-likeness (QED) is 0.571. The van der Waals surface area contributed by atoms with Crippen molar-refractivity contribution in [3.63, 3.8) is 0 Å². The Bertz CT molecular complexity index is 913. The molecule has 7 heteroatoms. The first-order valence-electron chi connectivity index (χ1n) is 10.1. The number of hydrogen-bond acceptors (Lipinski definition) is 2. The normalized spacial score (nSPS) is 15.1. The SMILES string of the molecule is C[C@@H](C(=O)NC1CCCC1)N(Cc1ccc(Cl)cc1Cl)C(=O)Cc1ccccc1Cl. The first-order chi connectivity index (χ1) is 14.3. The molecule has 0 spiro atoms. The van der Waals surface area contributed by atoms with Crippen LogP contribution in [0, 0.1) is 0 Å². The molecule has 2 aromatic carbocycles. The Morgan fingerprint density at radius 2 is 1.73 bits per heavy atom. The highest BCUT2D eigenvalue weighted by atomic mass is 35.5. The molecular weight excluding hydrogens is 443 g/mol. The second-order valence-corrected chi connectivity index (χ2v) is 8.94. The fourth-order valence-corrected chi connectivity index (χ4v) is 4.39. The lowest BCUT2D eigenvalue weighted by Gasteiger charge is -2.30. The lowest BCUT2D eigenvalue weighted by Crippen LogP contribution is -2.50. The van der Waals surface area contributed by atoms with Crippen molar-refractivity contribution >= 4 is 46.6 Å². The van der Waals surface area contributed by atoms with Gasteiger partial charge in [0, 0.05) is 27.7 Å². The zero-order chi connectivity index (χ0) is 21.7. The minimum Gasteiger partial charge on any atom is -0.352 e. The summed E-state index contributed by atoms with van der Waals surface area (Å²) in [5.41, 5.74) is 1.45. The maximum Gasteiger partial charge on any atom is 0.242 e. The molecule has 2 amide bonds. The van der Waals surface area contributed by atoms with E-state index in [0.29, 0.717) is 15.1 Å². The highest BCUT2D eigenvalue weighted by Gasteiger charge is 2.29. The monoisotopic (exact) mass is 466 g/mol. The third kappa shape index (κ3) is 5.90. The van der Waals surface area contributed by atoms with Crippen molar-refractivity contribution in [2.75, 3.05) is 0 Å². The molecule has 30 heavy (non-hydrogen) atoms. The van der Waals surface area contributed by atoms with Crippen LogP contribution >= 0.6 is 34.8 Å². The third-order valence-electron chi connectivity index (χ3n) is 5.52. The van der Waals surface area contributed by atoms with E-state index in [1.165, 1.54) is 0 Å². The molecule has 1 atom stereocenters. The van der Waals surface area contributed by atoms with Gasteiger partial charge < -0.3 is 10.2 Å². The second-order valence-electron chi connectivity index (χ2n) is 7.69. The molecule has 0 unspecified atom stereocenters. The van der Waals surface area contributed by atoms with Crippen molar-refractivity contribution in [1.82, 2.24) is 10.2 Å². The van der Waals surface area contributed by atoms with E-state index in [-0.39, 0.29) is 30.8 Å². The Hall–Kier alpha value is -1.75. The number of halogens is 3. The molecule has 1 saturated carbocycles. The number of nitrogens with one attached hydrogen (secondary N) is 1. The Morgan fingerprint density at radius 3 is 2.40 bits per heavy atom. The molecule has 0 aliphatic heterocycles. The van der Waals surface area contributed by atoms with Crippen molar-refractivity contribution < 1.29 is 9.59 Å². The van der Waals surface area contributed by atoms with E-state index < -0.39 is 6.04 Å². The number of carbonyl (C=O) groups is 2. The lowest BCUT2D eigenvalue weighted by molar-refractivity contribution is -0.140. The average Bonchev–Trinajstić information content (AvgIpc) is 3.21. The molecule has 0 heterocycles. The van der Waals surface area contributed by atoms with Gasteiger partial charge in [0.1, 0.15) is 6.04 Å². The lowest BCUT2D eigenvalue weighted by atomic mass is 10.1. The minimum absolute atomic E-state index is 0.103. The summed E-state index contributed by atoms with van der Waals surface area (Å²) < 4.78 is 0. The first-order valence-corrected chi connectivity index (χ1v) is 11.3. The van der Waals surface area contributed by atoms with Crippen molar-refractivity contribution in [2.24, 2.45) is 0 Å². The smallest absolute Gasteiger partial charge is 0.242 e. The van der Waals surface area contributed by atoms with Crippen molar-refractivity contribution in [1.29, 1.82) is 0 Å². The molecule has 1 N–H and O–H groups in total. The molecular formula is C23H25Cl3N2O2. The van der Waals surface area contributed by atoms with Gasteiger partial charge in [0.25, 0.3) is 0 Å². The summed E-state index contributed by atoms with van der Waals surface area (Å²) in [5, 5.41) is 4.59. The molecule has 3 rings (SSSR count). The van der Waals surface area contributed by atoms with Gasteiger partial charge in [0.2, 0.25) is 11.8 Å². The third-order valence-corrected chi connectivity index (χ3v) is 6.48. The van der Waals surface area contributed by atoms with Crippen LogP contribution in [0.15, 0.2) is 42.5 Å². The van der Waals surface area contributed by atoms with Crippen LogP contribution in [0.4, 0.5) is 0 Å². The molecule has 2 aromatic rings. The molecule has 1 fully saturated rings. The molecule has 0 radical (unpaired) electrons. The Labute approximate surface area is 192 Å². The highest BCUT2D eigenvalue weighted by Crippen LogP contribution is 2.25. The van der Waals surface area contributed by atoms with Gasteiger partial charge >= 0.3 is 0 Å². The number of nitrogens with zero attached hydrogens (tertiary/aromatic N) is 1. The van der Waals surface area contributed by atoms with Gasteiger partial charge in [-0.05, 0) is 49.1 Å². The number of hydrogen-bond donors (Lipinski definition) is 1. The summed E-state index contributed by atoms with van der Waals surface area (Å²) >= 11 is 18.6. The van der Waals surface area contributed by atoms with E-state index in [1.54, 1.807) is 36.1 Å². The van der Waals surface area contributed by atoms with Gasteiger partial charge in [-0.25, -0.2) is 0 Å². The van der Waals surface area contributed by atoms with E-state index in [4.69, 9.17) is 34.8 Å². The summed E-state index contributed by atoms with van der Waals surface area (Å²) in [5.74, 6) is -0.345. The van der Waals surface area contributed by atoms with Crippen LogP contribution in [0.2, 0.25) is 15.1 Å². The molecule has 160 valence electrons. The van der Waals surface area contributed by atoms with Gasteiger partial charge in [0.15, 0.2) is 0 Å². The second kappa shape index (κ2) is 10.5. The van der Waals surface area contributed by atoms with E-state index in [9.17, 15) is 9.59 Å². The van der Waals surface area contributed by atoms with Crippen LogP contribution in [0.3, 0.4) is 0 Å². The zero-order valence-corrected chi connectivity index (χ0v) is 19.1. The fourth-order valence-electron chi connectivity index (χ4n) is 3.71. The van der Waals surface area contributed by atoms with E-state index in [2.05, 4.69) is 5.32 Å². The minimum atomic E-state index is -0.646. The summed E-state index contributed by atoms with van der Waals surface area (Å²) in [6.07, 6.45) is 4.31. The number of carbonyl (C=O) groups excluding carboxylic acids is 2. The van der Waals surface area contributed by atoms with Gasteiger partial charge in [-0.15, -0.1) is 0 Å². The van der Waals surface area contributed by atoms with E-state index in [0.717, 1.165) is 36.8 Å². The number of rotatable bonds is 7. The summed E-state index contributed by atoms with van der Waals surface area (Å²) in [6, 6.07) is 11.9. The Balaban J connectivity index is 1.81.